The molecule has 0 aliphatic carbocycles. The fourth-order valence-electron chi connectivity index (χ4n) is 1.46. The van der Waals surface area contributed by atoms with E-state index >= 15 is 0 Å². The Kier molecular flexibility index (Phi) is 3.96. The highest BCUT2D eigenvalue weighted by Crippen LogP contribution is 2.18. The second-order valence-corrected chi connectivity index (χ2v) is 4.00. The van der Waals surface area contributed by atoms with Gasteiger partial charge in [-0.05, 0) is 23.8 Å². The Morgan fingerprint density at radius 1 is 1.29 bits per heavy atom. The van der Waals surface area contributed by atoms with Crippen LogP contribution in [0.4, 0.5) is 0 Å². The van der Waals surface area contributed by atoms with Crippen molar-refractivity contribution in [3.8, 4) is 5.75 Å². The maximum absolute atomic E-state index is 9.13. The molecule has 88 valence electrons. The average molecular weight is 250 g/mol. The molecule has 0 fully saturated rings. The van der Waals surface area contributed by atoms with Gasteiger partial charge in [-0.15, -0.1) is 0 Å². The van der Waals surface area contributed by atoms with Gasteiger partial charge in [0.25, 0.3) is 0 Å². The third-order valence-corrected chi connectivity index (χ3v) is 2.56. The molecule has 1 aromatic heterocycles. The Balaban J connectivity index is 2.07. The van der Waals surface area contributed by atoms with Crippen molar-refractivity contribution in [2.24, 2.45) is 0 Å². The third kappa shape index (κ3) is 3.19. The summed E-state index contributed by atoms with van der Waals surface area (Å²) in [6.07, 6.45) is 3.22. The molecule has 0 aliphatic rings. The van der Waals surface area contributed by atoms with Gasteiger partial charge in [0.1, 0.15) is 12.4 Å². The molecule has 0 bridgehead atoms. The fourth-order valence-corrected chi connectivity index (χ4v) is 1.67. The number of pyridine rings is 1. The number of hydrogen-bond donors (Lipinski definition) is 1. The van der Waals surface area contributed by atoms with Gasteiger partial charge < -0.3 is 9.84 Å². The van der Waals surface area contributed by atoms with E-state index in [0.717, 1.165) is 11.1 Å². The molecule has 1 N–H and O–H groups in total. The van der Waals surface area contributed by atoms with Crippen molar-refractivity contribution in [2.75, 3.05) is 0 Å². The van der Waals surface area contributed by atoms with Crippen LogP contribution in [0.2, 0.25) is 5.02 Å². The van der Waals surface area contributed by atoms with Gasteiger partial charge in [0.2, 0.25) is 0 Å². The summed E-state index contributed by atoms with van der Waals surface area (Å²) in [4.78, 5) is 3.96. The van der Waals surface area contributed by atoms with Crippen molar-refractivity contribution < 1.29 is 9.84 Å². The lowest BCUT2D eigenvalue weighted by Gasteiger charge is -2.09. The van der Waals surface area contributed by atoms with Crippen LogP contribution in [0.5, 0.6) is 5.75 Å². The van der Waals surface area contributed by atoms with Crippen molar-refractivity contribution in [1.82, 2.24) is 4.98 Å². The molecule has 0 amide bonds. The highest BCUT2D eigenvalue weighted by Gasteiger charge is 2.02. The van der Waals surface area contributed by atoms with Crippen molar-refractivity contribution in [3.05, 3.63) is 58.9 Å². The summed E-state index contributed by atoms with van der Waals surface area (Å²) >= 11 is 5.88. The Hall–Kier alpha value is -1.58. The Morgan fingerprint density at radius 2 is 2.18 bits per heavy atom. The Labute approximate surface area is 105 Å². The van der Waals surface area contributed by atoms with Crippen LogP contribution in [0.15, 0.2) is 42.7 Å². The van der Waals surface area contributed by atoms with Crippen molar-refractivity contribution in [1.29, 1.82) is 0 Å². The van der Waals surface area contributed by atoms with Gasteiger partial charge in [-0.1, -0.05) is 23.7 Å². The summed E-state index contributed by atoms with van der Waals surface area (Å²) in [5.41, 5.74) is 1.70. The van der Waals surface area contributed by atoms with E-state index in [9.17, 15) is 0 Å². The van der Waals surface area contributed by atoms with Crippen LogP contribution in [-0.2, 0) is 13.2 Å². The first-order valence-electron chi connectivity index (χ1n) is 5.20. The van der Waals surface area contributed by atoms with E-state index in [1.807, 2.05) is 24.3 Å². The van der Waals surface area contributed by atoms with Gasteiger partial charge in [0.05, 0.1) is 12.8 Å². The van der Waals surface area contributed by atoms with Crippen LogP contribution in [0.3, 0.4) is 0 Å². The second-order valence-electron chi connectivity index (χ2n) is 3.56. The fraction of sp³-hybridized carbons (Fsp3) is 0.154. The zero-order valence-electron chi connectivity index (χ0n) is 9.14. The molecule has 0 radical (unpaired) electrons. The summed E-state index contributed by atoms with van der Waals surface area (Å²) in [7, 11) is 0. The molecule has 4 heteroatoms. The van der Waals surface area contributed by atoms with E-state index in [4.69, 9.17) is 21.4 Å². The number of aliphatic hydroxyl groups is 1. The van der Waals surface area contributed by atoms with Gasteiger partial charge >= 0.3 is 0 Å². The molecule has 0 saturated carbocycles. The number of ether oxygens (including phenoxy) is 1. The highest BCUT2D eigenvalue weighted by atomic mass is 35.5. The topological polar surface area (TPSA) is 42.4 Å². The van der Waals surface area contributed by atoms with Gasteiger partial charge in [-0.25, -0.2) is 0 Å². The maximum atomic E-state index is 9.13. The van der Waals surface area contributed by atoms with Crippen LogP contribution < -0.4 is 4.74 Å². The molecule has 0 spiro atoms. The Morgan fingerprint density at radius 3 is 2.94 bits per heavy atom. The number of aliphatic hydroxyl groups excluding tert-OH is 1. The van der Waals surface area contributed by atoms with Crippen LogP contribution in [0, 0.1) is 0 Å². The molecular formula is C13H12ClNO2. The van der Waals surface area contributed by atoms with Gasteiger partial charge in [0.15, 0.2) is 0 Å². The highest BCUT2D eigenvalue weighted by molar-refractivity contribution is 6.30. The Bertz CT molecular complexity index is 502. The minimum Gasteiger partial charge on any atom is -0.487 e. The van der Waals surface area contributed by atoms with Crippen molar-refractivity contribution >= 4 is 11.6 Å². The second kappa shape index (κ2) is 5.66. The number of halogens is 1. The largest absolute Gasteiger partial charge is 0.487 e. The first-order valence-corrected chi connectivity index (χ1v) is 5.58. The lowest BCUT2D eigenvalue weighted by atomic mass is 10.2. The molecule has 1 aromatic carbocycles. The van der Waals surface area contributed by atoms with Crippen LogP contribution in [0.25, 0.3) is 0 Å². The van der Waals surface area contributed by atoms with E-state index in [2.05, 4.69) is 4.98 Å². The third-order valence-electron chi connectivity index (χ3n) is 2.32. The van der Waals surface area contributed by atoms with Crippen LogP contribution in [0.1, 0.15) is 11.1 Å². The van der Waals surface area contributed by atoms with Gasteiger partial charge in [0, 0.05) is 16.8 Å². The zero-order chi connectivity index (χ0) is 12.1. The number of rotatable bonds is 4. The zero-order valence-corrected chi connectivity index (χ0v) is 9.89. The first kappa shape index (κ1) is 11.9. The number of benzene rings is 1. The number of nitrogens with zero attached hydrogens (tertiary/aromatic N) is 1. The lowest BCUT2D eigenvalue weighted by Crippen LogP contribution is -1.99. The van der Waals surface area contributed by atoms with E-state index in [1.165, 1.54) is 0 Å². The van der Waals surface area contributed by atoms with Crippen molar-refractivity contribution in [3.63, 3.8) is 0 Å². The molecule has 1 heterocycles. The summed E-state index contributed by atoms with van der Waals surface area (Å²) in [5, 5.41) is 9.81. The van der Waals surface area contributed by atoms with E-state index in [0.29, 0.717) is 17.4 Å². The molecule has 0 aliphatic heterocycles. The quantitative estimate of drug-likeness (QED) is 0.906. The molecule has 0 atom stereocenters. The van der Waals surface area contributed by atoms with E-state index in [1.54, 1.807) is 18.5 Å². The smallest absolute Gasteiger partial charge is 0.143 e. The minimum absolute atomic E-state index is 0.0621. The maximum Gasteiger partial charge on any atom is 0.143 e. The standard InChI is InChI=1S/C13H12ClNO2/c14-12-3-1-2-10(6-12)9-17-13-7-15-5-4-11(13)8-16/h1-7,16H,8-9H2. The minimum atomic E-state index is -0.0621. The van der Waals surface area contributed by atoms with Gasteiger partial charge in [-0.2, -0.15) is 0 Å². The summed E-state index contributed by atoms with van der Waals surface area (Å²) in [5.74, 6) is 0.593. The number of hydrogen-bond acceptors (Lipinski definition) is 3. The average Bonchev–Trinajstić information content (AvgIpc) is 2.37. The predicted molar refractivity (Wildman–Crippen MR) is 65.9 cm³/mol. The van der Waals surface area contributed by atoms with E-state index in [-0.39, 0.29) is 6.61 Å². The molecule has 2 rings (SSSR count). The molecule has 17 heavy (non-hydrogen) atoms. The predicted octanol–water partition coefficient (Wildman–Crippen LogP) is 2.81. The van der Waals surface area contributed by atoms with E-state index < -0.39 is 0 Å². The monoisotopic (exact) mass is 249 g/mol. The SMILES string of the molecule is OCc1ccncc1OCc1cccc(Cl)c1. The molecule has 2 aromatic rings. The molecular weight excluding hydrogens is 238 g/mol. The molecule has 0 saturated heterocycles. The van der Waals surface area contributed by atoms with Gasteiger partial charge in [-0.3, -0.25) is 4.98 Å². The first-order chi connectivity index (χ1) is 8.29. The van der Waals surface area contributed by atoms with Crippen molar-refractivity contribution in [2.45, 2.75) is 13.2 Å². The molecule has 3 nitrogen and oxygen atoms in total. The normalized spacial score (nSPS) is 10.2. The van der Waals surface area contributed by atoms with Crippen LogP contribution in [-0.4, -0.2) is 10.1 Å². The summed E-state index contributed by atoms with van der Waals surface area (Å²) < 4.78 is 5.59. The summed E-state index contributed by atoms with van der Waals surface area (Å²) in [6, 6.07) is 9.19. The number of aromatic nitrogens is 1. The van der Waals surface area contributed by atoms with Crippen LogP contribution >= 0.6 is 11.6 Å². The molecule has 0 unspecified atom stereocenters. The lowest BCUT2D eigenvalue weighted by molar-refractivity contribution is 0.258. The summed E-state index contributed by atoms with van der Waals surface area (Å²) in [6.45, 7) is 0.340.